The van der Waals surface area contributed by atoms with Crippen molar-refractivity contribution in [1.29, 1.82) is 0 Å². The number of benzene rings is 2. The lowest BCUT2D eigenvalue weighted by molar-refractivity contribution is -0.135. The van der Waals surface area contributed by atoms with Crippen LogP contribution >= 0.6 is 0 Å². The first-order valence-corrected chi connectivity index (χ1v) is 14.9. The van der Waals surface area contributed by atoms with Crippen molar-refractivity contribution in [3.63, 3.8) is 0 Å². The molecule has 1 unspecified atom stereocenters. The Morgan fingerprint density at radius 2 is 1.61 bits per heavy atom. The van der Waals surface area contributed by atoms with E-state index in [0.717, 1.165) is 11.3 Å². The summed E-state index contributed by atoms with van der Waals surface area (Å²) >= 11 is 0. The highest BCUT2D eigenvalue weighted by atomic mass is 32.2. The molecule has 7 nitrogen and oxygen atoms in total. The van der Waals surface area contributed by atoms with Gasteiger partial charge in [-0.1, -0.05) is 40.7 Å². The van der Waals surface area contributed by atoms with Gasteiger partial charge in [0.05, 0.1) is 10.5 Å². The molecule has 1 fully saturated rings. The molecule has 0 saturated carbocycles. The van der Waals surface area contributed by atoms with Crippen LogP contribution in [0.4, 0.5) is 10.1 Å². The standard InChI is InChI=1S/C29H40FN3O4S/c1-19(2)25(31-26(34)23-18-20(28(3,4)5)8-13-24(23)30)27(35)33-16-14-29(6,15-17-33)32-21-9-11-22(12-10-21)38(7,36)37/h8-13,18-19,25,32H,14-17H2,1-7H3,(H,31,34). The Kier molecular flexibility index (Phi) is 8.61. The summed E-state index contributed by atoms with van der Waals surface area (Å²) in [6, 6.07) is 10.4. The first kappa shape index (κ1) is 29.6. The average Bonchev–Trinajstić information content (AvgIpc) is 2.81. The van der Waals surface area contributed by atoms with Crippen molar-refractivity contribution < 1.29 is 22.4 Å². The van der Waals surface area contributed by atoms with Crippen molar-refractivity contribution in [3.8, 4) is 0 Å². The van der Waals surface area contributed by atoms with Crippen molar-refractivity contribution in [3.05, 3.63) is 59.4 Å². The van der Waals surface area contributed by atoms with Crippen LogP contribution in [0.5, 0.6) is 0 Å². The second-order valence-corrected chi connectivity index (χ2v) is 14.0. The quantitative estimate of drug-likeness (QED) is 0.522. The highest BCUT2D eigenvalue weighted by Crippen LogP contribution is 2.28. The van der Waals surface area contributed by atoms with E-state index in [2.05, 4.69) is 17.6 Å². The Bertz CT molecular complexity index is 1280. The number of amides is 2. The lowest BCUT2D eigenvalue weighted by Crippen LogP contribution is -2.56. The van der Waals surface area contributed by atoms with E-state index in [-0.39, 0.29) is 33.2 Å². The number of anilines is 1. The predicted molar refractivity (Wildman–Crippen MR) is 149 cm³/mol. The number of piperidine rings is 1. The number of halogens is 1. The third-order valence-corrected chi connectivity index (χ3v) is 8.33. The first-order chi connectivity index (χ1) is 17.5. The van der Waals surface area contributed by atoms with Crippen molar-refractivity contribution >= 4 is 27.3 Å². The SMILES string of the molecule is CC(C)C(NC(=O)c1cc(C(C)(C)C)ccc1F)C(=O)N1CCC(C)(Nc2ccc(S(C)(=O)=O)cc2)CC1. The molecule has 1 aliphatic heterocycles. The minimum Gasteiger partial charge on any atom is -0.380 e. The van der Waals surface area contributed by atoms with E-state index in [1.807, 2.05) is 34.6 Å². The highest BCUT2D eigenvalue weighted by Gasteiger charge is 2.36. The van der Waals surface area contributed by atoms with E-state index in [9.17, 15) is 22.4 Å². The summed E-state index contributed by atoms with van der Waals surface area (Å²) in [5.74, 6) is -1.57. The molecule has 2 amide bonds. The average molecular weight is 546 g/mol. The van der Waals surface area contributed by atoms with Crippen molar-refractivity contribution in [2.75, 3.05) is 24.7 Å². The van der Waals surface area contributed by atoms with Crippen LogP contribution in [-0.4, -0.2) is 56.1 Å². The molecule has 0 bridgehead atoms. The fourth-order valence-electron chi connectivity index (χ4n) is 4.57. The molecule has 2 aromatic rings. The van der Waals surface area contributed by atoms with Gasteiger partial charge in [-0.2, -0.15) is 0 Å². The number of likely N-dealkylation sites (tertiary alicyclic amines) is 1. The minimum absolute atomic E-state index is 0.0619. The van der Waals surface area contributed by atoms with Crippen LogP contribution in [0.1, 0.15) is 70.3 Å². The third kappa shape index (κ3) is 7.12. The molecule has 9 heteroatoms. The zero-order valence-electron chi connectivity index (χ0n) is 23.4. The fraction of sp³-hybridized carbons (Fsp3) is 0.517. The lowest BCUT2D eigenvalue weighted by atomic mass is 9.86. The summed E-state index contributed by atoms with van der Waals surface area (Å²) in [5.41, 5.74) is 1.06. The maximum absolute atomic E-state index is 14.6. The number of hydrogen-bond acceptors (Lipinski definition) is 5. The molecule has 0 aromatic heterocycles. The van der Waals surface area contributed by atoms with E-state index < -0.39 is 27.6 Å². The van der Waals surface area contributed by atoms with Crippen LogP contribution in [0.15, 0.2) is 47.4 Å². The van der Waals surface area contributed by atoms with Gasteiger partial charge in [-0.25, -0.2) is 12.8 Å². The highest BCUT2D eigenvalue weighted by molar-refractivity contribution is 7.90. The molecule has 38 heavy (non-hydrogen) atoms. The van der Waals surface area contributed by atoms with Crippen LogP contribution < -0.4 is 10.6 Å². The van der Waals surface area contributed by atoms with Crippen molar-refractivity contribution in [2.24, 2.45) is 5.92 Å². The Balaban J connectivity index is 1.67. The number of nitrogens with zero attached hydrogens (tertiary/aromatic N) is 1. The summed E-state index contributed by atoms with van der Waals surface area (Å²) in [6.45, 7) is 12.8. The van der Waals surface area contributed by atoms with E-state index in [4.69, 9.17) is 0 Å². The molecule has 0 radical (unpaired) electrons. The largest absolute Gasteiger partial charge is 0.380 e. The molecule has 0 aliphatic carbocycles. The van der Waals surface area contributed by atoms with Gasteiger partial charge >= 0.3 is 0 Å². The summed E-state index contributed by atoms with van der Waals surface area (Å²) in [4.78, 5) is 28.5. The lowest BCUT2D eigenvalue weighted by Gasteiger charge is -2.42. The van der Waals surface area contributed by atoms with Crippen molar-refractivity contribution in [2.45, 2.75) is 76.3 Å². The molecule has 208 valence electrons. The predicted octanol–water partition coefficient (Wildman–Crippen LogP) is 4.77. The fourth-order valence-corrected chi connectivity index (χ4v) is 5.21. The van der Waals surface area contributed by atoms with Crippen LogP contribution in [0.3, 0.4) is 0 Å². The van der Waals surface area contributed by atoms with Gasteiger partial charge in [0.15, 0.2) is 9.84 Å². The van der Waals surface area contributed by atoms with Gasteiger partial charge in [-0.3, -0.25) is 9.59 Å². The molecule has 2 N–H and O–H groups in total. The van der Waals surface area contributed by atoms with Gasteiger partial charge in [-0.05, 0) is 73.1 Å². The number of carbonyl (C=O) groups excluding carboxylic acids is 2. The smallest absolute Gasteiger partial charge is 0.254 e. The van der Waals surface area contributed by atoms with E-state index >= 15 is 0 Å². The molecule has 1 aliphatic rings. The van der Waals surface area contributed by atoms with E-state index in [0.29, 0.717) is 25.9 Å². The summed E-state index contributed by atoms with van der Waals surface area (Å²) in [6.07, 6.45) is 2.52. The van der Waals surface area contributed by atoms with Gasteiger partial charge in [0.25, 0.3) is 5.91 Å². The van der Waals surface area contributed by atoms with Crippen LogP contribution in [-0.2, 0) is 20.0 Å². The van der Waals surface area contributed by atoms with Gasteiger partial charge in [-0.15, -0.1) is 0 Å². The second kappa shape index (κ2) is 11.0. The van der Waals surface area contributed by atoms with E-state index in [1.165, 1.54) is 12.3 Å². The Morgan fingerprint density at radius 3 is 2.11 bits per heavy atom. The number of nitrogens with one attached hydrogen (secondary N) is 2. The summed E-state index contributed by atoms with van der Waals surface area (Å²) < 4.78 is 38.0. The molecule has 2 aromatic carbocycles. The minimum atomic E-state index is -3.26. The molecular formula is C29H40FN3O4S. The topological polar surface area (TPSA) is 95.6 Å². The van der Waals surface area contributed by atoms with Crippen LogP contribution in [0, 0.1) is 11.7 Å². The van der Waals surface area contributed by atoms with Gasteiger partial charge < -0.3 is 15.5 Å². The maximum Gasteiger partial charge on any atom is 0.254 e. The third-order valence-electron chi connectivity index (χ3n) is 7.20. The van der Waals surface area contributed by atoms with Crippen molar-refractivity contribution in [1.82, 2.24) is 10.2 Å². The number of carbonyl (C=O) groups is 2. The molecule has 0 spiro atoms. The van der Waals surface area contributed by atoms with E-state index in [1.54, 1.807) is 41.3 Å². The van der Waals surface area contributed by atoms with Crippen LogP contribution in [0.2, 0.25) is 0 Å². The van der Waals surface area contributed by atoms with Gasteiger partial charge in [0, 0.05) is 30.6 Å². The zero-order chi connectivity index (χ0) is 28.5. The molecule has 1 heterocycles. The molecule has 1 atom stereocenters. The maximum atomic E-state index is 14.6. The second-order valence-electron chi connectivity index (χ2n) is 11.9. The normalized spacial score (nSPS) is 16.7. The number of sulfone groups is 1. The first-order valence-electron chi connectivity index (χ1n) is 13.0. The molecule has 1 saturated heterocycles. The van der Waals surface area contributed by atoms with Gasteiger partial charge in [0.1, 0.15) is 11.9 Å². The Morgan fingerprint density at radius 1 is 1.03 bits per heavy atom. The summed E-state index contributed by atoms with van der Waals surface area (Å²) in [7, 11) is -3.26. The Hall–Kier alpha value is -2.94. The molecule has 3 rings (SSSR count). The Labute approximate surface area is 226 Å². The zero-order valence-corrected chi connectivity index (χ0v) is 24.2. The van der Waals surface area contributed by atoms with Crippen LogP contribution in [0.25, 0.3) is 0 Å². The summed E-state index contributed by atoms with van der Waals surface area (Å²) in [5, 5.41) is 6.27. The monoisotopic (exact) mass is 545 g/mol. The number of rotatable bonds is 7. The van der Waals surface area contributed by atoms with Gasteiger partial charge in [0.2, 0.25) is 5.91 Å². The number of hydrogen-bond donors (Lipinski definition) is 2. The molecular weight excluding hydrogens is 505 g/mol.